The van der Waals surface area contributed by atoms with Gasteiger partial charge >= 0.3 is 0 Å². The SMILES string of the molecule is CC(=O)N[C@@H](CO)CC(=O)c1ccc2c(c1N)C(=O)CC(C)(C)O2. The zero-order valence-corrected chi connectivity index (χ0v) is 14.0. The van der Waals surface area contributed by atoms with E-state index in [1.807, 2.05) is 13.8 Å². The number of hydrogen-bond acceptors (Lipinski definition) is 6. The minimum Gasteiger partial charge on any atom is -0.487 e. The largest absolute Gasteiger partial charge is 0.487 e. The fraction of sp³-hybridized carbons (Fsp3) is 0.471. The van der Waals surface area contributed by atoms with E-state index in [1.54, 1.807) is 6.07 Å². The highest BCUT2D eigenvalue weighted by atomic mass is 16.5. The maximum atomic E-state index is 12.4. The Bertz CT molecular complexity index is 696. The molecule has 130 valence electrons. The lowest BCUT2D eigenvalue weighted by Crippen LogP contribution is -2.38. The number of nitrogens with one attached hydrogen (secondary N) is 1. The first-order chi connectivity index (χ1) is 11.1. The normalized spacial score (nSPS) is 16.8. The number of nitrogen functional groups attached to an aromatic ring is 1. The second-order valence-corrected chi connectivity index (χ2v) is 6.57. The van der Waals surface area contributed by atoms with Crippen LogP contribution in [0.1, 0.15) is 54.3 Å². The highest BCUT2D eigenvalue weighted by Gasteiger charge is 2.35. The Labute approximate surface area is 140 Å². The summed E-state index contributed by atoms with van der Waals surface area (Å²) < 4.78 is 5.75. The van der Waals surface area contributed by atoms with E-state index in [9.17, 15) is 19.5 Å². The van der Waals surface area contributed by atoms with Gasteiger partial charge < -0.3 is 20.9 Å². The number of fused-ring (bicyclic) bond motifs is 1. The average molecular weight is 334 g/mol. The third kappa shape index (κ3) is 3.73. The van der Waals surface area contributed by atoms with Crippen molar-refractivity contribution in [2.75, 3.05) is 12.3 Å². The van der Waals surface area contributed by atoms with Gasteiger partial charge in [-0.05, 0) is 26.0 Å². The van der Waals surface area contributed by atoms with E-state index >= 15 is 0 Å². The summed E-state index contributed by atoms with van der Waals surface area (Å²) in [4.78, 5) is 35.9. The van der Waals surface area contributed by atoms with Crippen LogP contribution >= 0.6 is 0 Å². The van der Waals surface area contributed by atoms with Crippen molar-refractivity contribution < 1.29 is 24.2 Å². The third-order valence-corrected chi connectivity index (χ3v) is 3.82. The van der Waals surface area contributed by atoms with Gasteiger partial charge in [-0.3, -0.25) is 14.4 Å². The van der Waals surface area contributed by atoms with Gasteiger partial charge in [0.25, 0.3) is 0 Å². The molecule has 0 spiro atoms. The van der Waals surface area contributed by atoms with E-state index in [-0.39, 0.29) is 53.7 Å². The van der Waals surface area contributed by atoms with Gasteiger partial charge in [-0.1, -0.05) is 0 Å². The summed E-state index contributed by atoms with van der Waals surface area (Å²) in [5.41, 5.74) is 5.91. The minimum absolute atomic E-state index is 0.0810. The maximum Gasteiger partial charge on any atom is 0.217 e. The zero-order chi connectivity index (χ0) is 18.1. The molecule has 0 saturated heterocycles. The van der Waals surface area contributed by atoms with Gasteiger partial charge in [0.2, 0.25) is 5.91 Å². The summed E-state index contributed by atoms with van der Waals surface area (Å²) in [5.74, 6) is -0.508. The highest BCUT2D eigenvalue weighted by Crippen LogP contribution is 2.38. The molecule has 0 aliphatic carbocycles. The molecule has 0 fully saturated rings. The van der Waals surface area contributed by atoms with Crippen LogP contribution < -0.4 is 15.8 Å². The number of anilines is 1. The van der Waals surface area contributed by atoms with E-state index < -0.39 is 11.6 Å². The molecule has 0 saturated carbocycles. The second kappa shape index (κ2) is 6.60. The van der Waals surface area contributed by atoms with E-state index in [1.165, 1.54) is 13.0 Å². The first-order valence-corrected chi connectivity index (χ1v) is 7.70. The third-order valence-electron chi connectivity index (χ3n) is 3.82. The molecule has 1 aromatic carbocycles. The molecular weight excluding hydrogens is 312 g/mol. The molecule has 1 aliphatic rings. The first-order valence-electron chi connectivity index (χ1n) is 7.70. The number of ketones is 2. The van der Waals surface area contributed by atoms with Gasteiger partial charge in [0.1, 0.15) is 11.4 Å². The maximum absolute atomic E-state index is 12.4. The van der Waals surface area contributed by atoms with Gasteiger partial charge in [-0.15, -0.1) is 0 Å². The summed E-state index contributed by atoms with van der Waals surface area (Å²) in [7, 11) is 0. The Morgan fingerprint density at radius 2 is 2.08 bits per heavy atom. The number of nitrogens with two attached hydrogens (primary N) is 1. The molecule has 4 N–H and O–H groups in total. The molecule has 0 aromatic heterocycles. The molecule has 0 bridgehead atoms. The topological polar surface area (TPSA) is 119 Å². The van der Waals surface area contributed by atoms with Crippen LogP contribution in [0.4, 0.5) is 5.69 Å². The van der Waals surface area contributed by atoms with Gasteiger partial charge in [0.15, 0.2) is 11.6 Å². The molecule has 1 aliphatic heterocycles. The molecule has 1 aromatic rings. The summed E-state index contributed by atoms with van der Waals surface area (Å²) >= 11 is 0. The number of aliphatic hydroxyl groups excluding tert-OH is 1. The molecule has 7 heteroatoms. The van der Waals surface area contributed by atoms with Crippen LogP contribution in [0.15, 0.2) is 12.1 Å². The predicted molar refractivity (Wildman–Crippen MR) is 88.1 cm³/mol. The summed E-state index contributed by atoms with van der Waals surface area (Å²) in [5, 5.41) is 11.7. The number of Topliss-reactive ketones (excluding diaryl/α,β-unsaturated/α-hetero) is 2. The van der Waals surface area contributed by atoms with Crippen molar-refractivity contribution in [3.63, 3.8) is 0 Å². The Hall–Kier alpha value is -2.41. The Morgan fingerprint density at radius 3 is 2.67 bits per heavy atom. The number of rotatable bonds is 5. The van der Waals surface area contributed by atoms with Crippen LogP contribution in [-0.2, 0) is 4.79 Å². The van der Waals surface area contributed by atoms with Crippen LogP contribution in [-0.4, -0.2) is 40.8 Å². The van der Waals surface area contributed by atoms with Gasteiger partial charge in [0.05, 0.1) is 30.3 Å². The lowest BCUT2D eigenvalue weighted by Gasteiger charge is -2.32. The van der Waals surface area contributed by atoms with Crippen LogP contribution in [0.25, 0.3) is 0 Å². The lowest BCUT2D eigenvalue weighted by atomic mass is 9.89. The number of carbonyl (C=O) groups is 3. The van der Waals surface area contributed by atoms with Crippen molar-refractivity contribution in [3.8, 4) is 5.75 Å². The fourth-order valence-electron chi connectivity index (χ4n) is 2.81. The van der Waals surface area contributed by atoms with Crippen molar-refractivity contribution in [2.45, 2.75) is 45.3 Å². The van der Waals surface area contributed by atoms with E-state index in [4.69, 9.17) is 10.5 Å². The number of aliphatic hydroxyl groups is 1. The minimum atomic E-state index is -0.698. The number of benzene rings is 1. The van der Waals surface area contributed by atoms with E-state index in [2.05, 4.69) is 5.32 Å². The highest BCUT2D eigenvalue weighted by molar-refractivity contribution is 6.11. The van der Waals surface area contributed by atoms with Crippen LogP contribution in [0.2, 0.25) is 0 Å². The fourth-order valence-corrected chi connectivity index (χ4v) is 2.81. The van der Waals surface area contributed by atoms with Crippen LogP contribution in [0, 0.1) is 0 Å². The van der Waals surface area contributed by atoms with Crippen molar-refractivity contribution in [1.82, 2.24) is 5.32 Å². The van der Waals surface area contributed by atoms with Gasteiger partial charge in [-0.25, -0.2) is 0 Å². The van der Waals surface area contributed by atoms with Crippen LogP contribution in [0.5, 0.6) is 5.75 Å². The molecule has 24 heavy (non-hydrogen) atoms. The summed E-state index contributed by atoms with van der Waals surface area (Å²) in [6, 6.07) is 2.37. The van der Waals surface area contributed by atoms with Crippen LogP contribution in [0.3, 0.4) is 0 Å². The molecule has 2 rings (SSSR count). The number of hydrogen-bond donors (Lipinski definition) is 3. The number of carbonyl (C=O) groups excluding carboxylic acids is 3. The molecule has 1 atom stereocenters. The Balaban J connectivity index is 2.30. The molecule has 7 nitrogen and oxygen atoms in total. The summed E-state index contributed by atoms with van der Waals surface area (Å²) in [6.07, 6.45) is 0.0621. The number of amides is 1. The van der Waals surface area contributed by atoms with Gasteiger partial charge in [-0.2, -0.15) is 0 Å². The monoisotopic (exact) mass is 334 g/mol. The molecule has 0 unspecified atom stereocenters. The summed E-state index contributed by atoms with van der Waals surface area (Å²) in [6.45, 7) is 4.55. The second-order valence-electron chi connectivity index (χ2n) is 6.57. The van der Waals surface area contributed by atoms with E-state index in [0.29, 0.717) is 5.75 Å². The Morgan fingerprint density at radius 1 is 1.42 bits per heavy atom. The lowest BCUT2D eigenvalue weighted by molar-refractivity contribution is -0.119. The van der Waals surface area contributed by atoms with Crippen molar-refractivity contribution >= 4 is 23.2 Å². The van der Waals surface area contributed by atoms with Crippen molar-refractivity contribution in [1.29, 1.82) is 0 Å². The van der Waals surface area contributed by atoms with Gasteiger partial charge in [0, 0.05) is 18.9 Å². The number of ether oxygens (including phenoxy) is 1. The molecule has 1 heterocycles. The smallest absolute Gasteiger partial charge is 0.217 e. The van der Waals surface area contributed by atoms with E-state index in [0.717, 1.165) is 0 Å². The first kappa shape index (κ1) is 17.9. The Kier molecular flexibility index (Phi) is 4.94. The molecular formula is C17H22N2O5. The zero-order valence-electron chi connectivity index (χ0n) is 14.0. The predicted octanol–water partition coefficient (Wildman–Crippen LogP) is 1.08. The quantitative estimate of drug-likeness (QED) is 0.548. The molecule has 1 amide bonds. The van der Waals surface area contributed by atoms with Crippen molar-refractivity contribution in [3.05, 3.63) is 23.3 Å². The standard InChI is InChI=1S/C17H22N2O5/c1-9(21)19-10(8-20)6-12(22)11-4-5-14-15(16(11)18)13(23)7-17(2,3)24-14/h4-5,10,20H,6-8,18H2,1-3H3,(H,19,21)/t10-/m1/s1. The molecule has 0 radical (unpaired) electrons. The van der Waals surface area contributed by atoms with Crippen molar-refractivity contribution in [2.24, 2.45) is 0 Å². The average Bonchev–Trinajstić information content (AvgIpc) is 2.44.